The topological polar surface area (TPSA) is 103 Å². The molecule has 12 heteroatoms. The van der Waals surface area contributed by atoms with Crippen molar-refractivity contribution < 1.29 is 13.9 Å². The molecule has 0 fully saturated rings. The minimum atomic E-state index is -0.467. The summed E-state index contributed by atoms with van der Waals surface area (Å²) >= 11 is 5.89. The number of nitrogens with one attached hydrogen (secondary N) is 1. The van der Waals surface area contributed by atoms with Gasteiger partial charge in [-0.15, -0.1) is 21.8 Å². The number of hydrogen-bond acceptors (Lipinski definition) is 7. The molecule has 0 bridgehead atoms. The fourth-order valence-electron chi connectivity index (χ4n) is 2.86. The van der Waals surface area contributed by atoms with Crippen molar-refractivity contribution in [3.63, 3.8) is 0 Å². The van der Waals surface area contributed by atoms with Crippen molar-refractivity contribution in [2.75, 3.05) is 25.7 Å². The predicted molar refractivity (Wildman–Crippen MR) is 117 cm³/mol. The Morgan fingerprint density at radius 2 is 2.12 bits per heavy atom. The van der Waals surface area contributed by atoms with E-state index in [2.05, 4.69) is 30.5 Å². The van der Waals surface area contributed by atoms with Gasteiger partial charge in [-0.3, -0.25) is 4.90 Å². The lowest BCUT2D eigenvalue weighted by Gasteiger charge is -2.16. The second-order valence-corrected chi connectivity index (χ2v) is 7.50. The van der Waals surface area contributed by atoms with Crippen molar-refractivity contribution in [2.45, 2.75) is 33.2 Å². The molecule has 0 aromatic carbocycles. The average Bonchev–Trinajstić information content (AvgIpc) is 3.41. The van der Waals surface area contributed by atoms with Crippen molar-refractivity contribution in [3.05, 3.63) is 36.4 Å². The lowest BCUT2D eigenvalue weighted by Crippen LogP contribution is -2.34. The SMILES string of the molecule is CCN(CCl)CCCOc1nnc(-c2ccc(F)cn2)n1-c1ccn(C(=O)NC(C)C)n1. The molecule has 0 spiro atoms. The smallest absolute Gasteiger partial charge is 0.342 e. The fraction of sp³-hybridized carbons (Fsp3) is 0.450. The average molecular weight is 465 g/mol. The molecule has 0 aliphatic rings. The van der Waals surface area contributed by atoms with Crippen LogP contribution in [0.5, 0.6) is 6.01 Å². The number of halogens is 2. The van der Waals surface area contributed by atoms with Gasteiger partial charge >= 0.3 is 12.0 Å². The second kappa shape index (κ2) is 11.0. The molecular weight excluding hydrogens is 439 g/mol. The van der Waals surface area contributed by atoms with Crippen LogP contribution in [-0.4, -0.2) is 72.2 Å². The van der Waals surface area contributed by atoms with E-state index in [0.717, 1.165) is 25.7 Å². The van der Waals surface area contributed by atoms with Crippen LogP contribution < -0.4 is 10.1 Å². The first-order valence-corrected chi connectivity index (χ1v) is 10.8. The summed E-state index contributed by atoms with van der Waals surface area (Å²) in [6.45, 7) is 7.73. The zero-order valence-corrected chi connectivity index (χ0v) is 19.0. The first kappa shape index (κ1) is 23.6. The summed E-state index contributed by atoms with van der Waals surface area (Å²) in [5.41, 5.74) is 0.384. The van der Waals surface area contributed by atoms with Gasteiger partial charge in [0.25, 0.3) is 0 Å². The van der Waals surface area contributed by atoms with Crippen LogP contribution in [0.25, 0.3) is 17.3 Å². The van der Waals surface area contributed by atoms with Gasteiger partial charge in [0.15, 0.2) is 11.6 Å². The van der Waals surface area contributed by atoms with E-state index in [-0.39, 0.29) is 18.1 Å². The molecule has 3 rings (SSSR count). The molecule has 3 aromatic rings. The van der Waals surface area contributed by atoms with Gasteiger partial charge in [-0.1, -0.05) is 12.0 Å². The van der Waals surface area contributed by atoms with E-state index >= 15 is 0 Å². The van der Waals surface area contributed by atoms with Crippen molar-refractivity contribution in [1.29, 1.82) is 0 Å². The van der Waals surface area contributed by atoms with Crippen LogP contribution in [0.4, 0.5) is 9.18 Å². The van der Waals surface area contributed by atoms with E-state index in [1.165, 1.54) is 23.0 Å². The maximum Gasteiger partial charge on any atom is 0.342 e. The Balaban J connectivity index is 1.87. The highest BCUT2D eigenvalue weighted by Crippen LogP contribution is 2.24. The molecule has 0 unspecified atom stereocenters. The Morgan fingerprint density at radius 3 is 2.78 bits per heavy atom. The molecule has 0 saturated heterocycles. The molecule has 0 saturated carbocycles. The molecule has 0 atom stereocenters. The van der Waals surface area contributed by atoms with Crippen LogP contribution in [0.3, 0.4) is 0 Å². The lowest BCUT2D eigenvalue weighted by molar-refractivity contribution is 0.236. The van der Waals surface area contributed by atoms with E-state index in [9.17, 15) is 9.18 Å². The number of aromatic nitrogens is 6. The summed E-state index contributed by atoms with van der Waals surface area (Å²) in [5.74, 6) is 0.206. The number of hydrogen-bond donors (Lipinski definition) is 1. The Bertz CT molecular complexity index is 1020. The number of rotatable bonds is 10. The van der Waals surface area contributed by atoms with Gasteiger partial charge in [0, 0.05) is 24.8 Å². The monoisotopic (exact) mass is 464 g/mol. The van der Waals surface area contributed by atoms with E-state index in [4.69, 9.17) is 16.3 Å². The number of alkyl halides is 1. The lowest BCUT2D eigenvalue weighted by atomic mass is 10.3. The summed E-state index contributed by atoms with van der Waals surface area (Å²) in [4.78, 5) is 18.4. The van der Waals surface area contributed by atoms with Gasteiger partial charge in [0.05, 0.1) is 18.8 Å². The summed E-state index contributed by atoms with van der Waals surface area (Å²) < 4.78 is 21.9. The van der Waals surface area contributed by atoms with E-state index < -0.39 is 5.82 Å². The third kappa shape index (κ3) is 5.80. The summed E-state index contributed by atoms with van der Waals surface area (Å²) in [6, 6.07) is 4.62. The van der Waals surface area contributed by atoms with Crippen LogP contribution >= 0.6 is 11.6 Å². The highest BCUT2D eigenvalue weighted by Gasteiger charge is 2.21. The first-order valence-electron chi connectivity index (χ1n) is 10.3. The van der Waals surface area contributed by atoms with Gasteiger partial charge in [-0.25, -0.2) is 18.7 Å². The minimum Gasteiger partial charge on any atom is -0.463 e. The predicted octanol–water partition coefficient (Wildman–Crippen LogP) is 2.92. The summed E-state index contributed by atoms with van der Waals surface area (Å²) in [6.07, 6.45) is 3.34. The Morgan fingerprint density at radius 1 is 1.31 bits per heavy atom. The number of amides is 1. The number of pyridine rings is 1. The second-order valence-electron chi connectivity index (χ2n) is 7.26. The van der Waals surface area contributed by atoms with Crippen molar-refractivity contribution in [1.82, 2.24) is 39.7 Å². The molecule has 10 nitrogen and oxygen atoms in total. The van der Waals surface area contributed by atoms with Crippen molar-refractivity contribution in [3.8, 4) is 23.3 Å². The van der Waals surface area contributed by atoms with Crippen molar-refractivity contribution >= 4 is 17.6 Å². The Kier molecular flexibility index (Phi) is 8.12. The zero-order chi connectivity index (χ0) is 23.1. The Labute approximate surface area is 190 Å². The Hall–Kier alpha value is -3.05. The molecular formula is C20H26ClFN8O2. The van der Waals surface area contributed by atoms with Gasteiger partial charge in [-0.2, -0.15) is 4.68 Å². The normalized spacial score (nSPS) is 11.3. The molecule has 0 aliphatic carbocycles. The molecule has 0 aliphatic heterocycles. The van der Waals surface area contributed by atoms with Gasteiger partial charge in [-0.05, 0) is 38.9 Å². The number of carbonyl (C=O) groups is 1. The fourth-order valence-corrected chi connectivity index (χ4v) is 3.15. The van der Waals surface area contributed by atoms with E-state index in [1.807, 2.05) is 20.8 Å². The summed E-state index contributed by atoms with van der Waals surface area (Å²) in [7, 11) is 0. The molecule has 1 amide bonds. The van der Waals surface area contributed by atoms with E-state index in [0.29, 0.717) is 29.9 Å². The maximum atomic E-state index is 13.4. The molecule has 0 radical (unpaired) electrons. The number of carbonyl (C=O) groups excluding carboxylic acids is 1. The van der Waals surface area contributed by atoms with Gasteiger partial charge in [0.1, 0.15) is 11.5 Å². The molecule has 1 N–H and O–H groups in total. The maximum absolute atomic E-state index is 13.4. The third-order valence-corrected chi connectivity index (χ3v) is 4.82. The quantitative estimate of drug-likeness (QED) is 0.279. The van der Waals surface area contributed by atoms with E-state index in [1.54, 1.807) is 10.6 Å². The zero-order valence-electron chi connectivity index (χ0n) is 18.2. The highest BCUT2D eigenvalue weighted by atomic mass is 35.5. The summed E-state index contributed by atoms with van der Waals surface area (Å²) in [5, 5.41) is 15.4. The molecule has 3 aromatic heterocycles. The molecule has 32 heavy (non-hydrogen) atoms. The van der Waals surface area contributed by atoms with Crippen LogP contribution in [0.1, 0.15) is 27.2 Å². The van der Waals surface area contributed by atoms with Gasteiger partial charge < -0.3 is 10.1 Å². The highest BCUT2D eigenvalue weighted by molar-refractivity contribution is 6.17. The number of nitrogens with zero attached hydrogens (tertiary/aromatic N) is 7. The molecule has 3 heterocycles. The standard InChI is InChI=1S/C20H26ClFN8O2/c1-4-28(13-21)9-5-11-32-20-26-25-18(16-7-6-15(22)12-23-16)30(20)17-8-10-29(27-17)19(31)24-14(2)3/h6-8,10,12,14H,4-5,9,11,13H2,1-3H3,(H,24,31). The van der Waals surface area contributed by atoms with Crippen LogP contribution in [0.2, 0.25) is 0 Å². The largest absolute Gasteiger partial charge is 0.463 e. The van der Waals surface area contributed by atoms with Gasteiger partial charge in [0.2, 0.25) is 0 Å². The van der Waals surface area contributed by atoms with Crippen molar-refractivity contribution in [2.24, 2.45) is 0 Å². The first-order chi connectivity index (χ1) is 15.4. The van der Waals surface area contributed by atoms with Crippen LogP contribution in [0.15, 0.2) is 30.6 Å². The number of ether oxygens (including phenoxy) is 1. The van der Waals surface area contributed by atoms with Crippen LogP contribution in [-0.2, 0) is 0 Å². The third-order valence-electron chi connectivity index (χ3n) is 4.48. The minimum absolute atomic E-state index is 0.0430. The van der Waals surface area contributed by atoms with Crippen LogP contribution in [0, 0.1) is 5.82 Å². The molecule has 172 valence electrons.